The second-order valence-corrected chi connectivity index (χ2v) is 7.86. The lowest BCUT2D eigenvalue weighted by atomic mass is 10.1. The van der Waals surface area contributed by atoms with Crippen molar-refractivity contribution < 1.29 is 8.42 Å². The summed E-state index contributed by atoms with van der Waals surface area (Å²) in [5, 5.41) is 8.46. The van der Waals surface area contributed by atoms with Crippen molar-refractivity contribution in [3.05, 3.63) is 52.4 Å². The number of anilines is 1. The zero-order chi connectivity index (χ0) is 14.9. The number of nitrogens with one attached hydrogen (secondary N) is 2. The molecule has 0 saturated heterocycles. The molecule has 2 aromatic heterocycles. The Morgan fingerprint density at radius 1 is 1.14 bits per heavy atom. The van der Waals surface area contributed by atoms with Crippen molar-refractivity contribution in [3.63, 3.8) is 0 Å². The van der Waals surface area contributed by atoms with E-state index in [4.69, 9.17) is 0 Å². The molecule has 3 rings (SSSR count). The predicted octanol–water partition coefficient (Wildman–Crippen LogP) is 3.70. The molecular weight excluding hydrogens is 374 g/mol. The van der Waals surface area contributed by atoms with Gasteiger partial charge in [-0.1, -0.05) is 12.1 Å². The third-order valence-electron chi connectivity index (χ3n) is 2.78. The number of H-pyrrole nitrogens is 1. The summed E-state index contributed by atoms with van der Waals surface area (Å²) < 4.78 is 27.9. The maximum Gasteiger partial charge on any atom is 0.272 e. The van der Waals surface area contributed by atoms with Crippen LogP contribution in [0.1, 0.15) is 0 Å². The molecule has 1 aromatic carbocycles. The van der Waals surface area contributed by atoms with Gasteiger partial charge in [0.25, 0.3) is 10.0 Å². The molecule has 5 nitrogen and oxygen atoms in total. The van der Waals surface area contributed by atoms with Gasteiger partial charge in [0.1, 0.15) is 0 Å². The zero-order valence-electron chi connectivity index (χ0n) is 10.6. The first-order valence-corrected chi connectivity index (χ1v) is 9.07. The molecule has 108 valence electrons. The number of aromatic nitrogens is 2. The van der Waals surface area contributed by atoms with Gasteiger partial charge in [-0.2, -0.15) is 5.10 Å². The van der Waals surface area contributed by atoms with Crippen LogP contribution < -0.4 is 4.72 Å². The van der Waals surface area contributed by atoms with E-state index in [1.54, 1.807) is 29.8 Å². The maximum absolute atomic E-state index is 12.3. The molecule has 3 aromatic rings. The highest BCUT2D eigenvalue weighted by Crippen LogP contribution is 2.29. The molecule has 0 fully saturated rings. The van der Waals surface area contributed by atoms with Gasteiger partial charge in [-0.3, -0.25) is 9.82 Å². The molecule has 0 aliphatic heterocycles. The molecule has 0 radical (unpaired) electrons. The Labute approximate surface area is 134 Å². The van der Waals surface area contributed by atoms with Crippen LogP contribution in [-0.4, -0.2) is 18.6 Å². The number of hydrogen-bond acceptors (Lipinski definition) is 4. The van der Waals surface area contributed by atoms with E-state index in [1.807, 2.05) is 18.2 Å². The summed E-state index contributed by atoms with van der Waals surface area (Å²) in [5.74, 6) is 0. The number of rotatable bonds is 4. The van der Waals surface area contributed by atoms with Crippen molar-refractivity contribution in [1.29, 1.82) is 0 Å². The average molecular weight is 384 g/mol. The van der Waals surface area contributed by atoms with Crippen LogP contribution in [0.2, 0.25) is 0 Å². The van der Waals surface area contributed by atoms with Crippen molar-refractivity contribution in [2.24, 2.45) is 0 Å². The van der Waals surface area contributed by atoms with Gasteiger partial charge in [-0.25, -0.2) is 8.42 Å². The molecule has 0 atom stereocenters. The summed E-state index contributed by atoms with van der Waals surface area (Å²) in [6, 6.07) is 10.6. The number of nitrogens with zero attached hydrogens (tertiary/aromatic N) is 1. The number of sulfonamides is 1. The summed E-state index contributed by atoms with van der Waals surface area (Å²) in [6.45, 7) is 0. The van der Waals surface area contributed by atoms with Crippen molar-refractivity contribution in [2.75, 3.05) is 4.72 Å². The number of hydrogen-bond donors (Lipinski definition) is 2. The molecule has 21 heavy (non-hydrogen) atoms. The Kier molecular flexibility index (Phi) is 3.83. The third-order valence-corrected chi connectivity index (χ3v) is 6.83. The molecule has 0 spiro atoms. The summed E-state index contributed by atoms with van der Waals surface area (Å²) in [7, 11) is -3.57. The lowest BCUT2D eigenvalue weighted by Crippen LogP contribution is -2.11. The number of benzene rings is 1. The lowest BCUT2D eigenvalue weighted by molar-refractivity contribution is 0.603. The van der Waals surface area contributed by atoms with E-state index in [9.17, 15) is 8.42 Å². The lowest BCUT2D eigenvalue weighted by Gasteiger charge is -2.07. The standard InChI is InChI=1S/C13H10BrN3O2S2/c14-11-6-8-20-13(11)21(18,19)17-10-3-1-9(2-4-10)12-5-7-15-16-12/h1-8,17H,(H,15,16). The minimum absolute atomic E-state index is 0.264. The van der Waals surface area contributed by atoms with Crippen LogP contribution in [0.3, 0.4) is 0 Å². The molecule has 0 saturated carbocycles. The molecule has 0 amide bonds. The molecule has 8 heteroatoms. The van der Waals surface area contributed by atoms with Crippen LogP contribution in [-0.2, 0) is 10.0 Å². The van der Waals surface area contributed by atoms with Gasteiger partial charge in [0, 0.05) is 16.4 Å². The van der Waals surface area contributed by atoms with Crippen molar-refractivity contribution in [3.8, 4) is 11.3 Å². The average Bonchev–Trinajstić information content (AvgIpc) is 3.10. The van der Waals surface area contributed by atoms with Crippen molar-refractivity contribution in [2.45, 2.75) is 4.21 Å². The second kappa shape index (κ2) is 5.63. The smallest absolute Gasteiger partial charge is 0.272 e. The Balaban J connectivity index is 1.84. The van der Waals surface area contributed by atoms with Gasteiger partial charge >= 0.3 is 0 Å². The van der Waals surface area contributed by atoms with Crippen LogP contribution >= 0.6 is 27.3 Å². The van der Waals surface area contributed by atoms with E-state index in [0.717, 1.165) is 11.3 Å². The van der Waals surface area contributed by atoms with E-state index in [1.165, 1.54) is 11.3 Å². The first kappa shape index (κ1) is 14.3. The number of thiophene rings is 1. The fourth-order valence-electron chi connectivity index (χ4n) is 1.81. The highest BCUT2D eigenvalue weighted by atomic mass is 79.9. The highest BCUT2D eigenvalue weighted by Gasteiger charge is 2.19. The van der Waals surface area contributed by atoms with Crippen LogP contribution in [0.5, 0.6) is 0 Å². The van der Waals surface area contributed by atoms with Crippen LogP contribution in [0.15, 0.2) is 56.7 Å². The molecular formula is C13H10BrN3O2S2. The van der Waals surface area contributed by atoms with Crippen molar-refractivity contribution >= 4 is 43.0 Å². The van der Waals surface area contributed by atoms with E-state index < -0.39 is 10.0 Å². The van der Waals surface area contributed by atoms with Gasteiger partial charge in [0.2, 0.25) is 0 Å². The van der Waals surface area contributed by atoms with E-state index >= 15 is 0 Å². The SMILES string of the molecule is O=S(=O)(Nc1ccc(-c2ccn[nH]2)cc1)c1sccc1Br. The monoisotopic (exact) mass is 383 g/mol. The molecule has 2 N–H and O–H groups in total. The molecule has 0 aliphatic rings. The Morgan fingerprint density at radius 3 is 2.48 bits per heavy atom. The predicted molar refractivity (Wildman–Crippen MR) is 86.9 cm³/mol. The third kappa shape index (κ3) is 3.02. The molecule has 0 bridgehead atoms. The minimum Gasteiger partial charge on any atom is -0.279 e. The largest absolute Gasteiger partial charge is 0.279 e. The second-order valence-electron chi connectivity index (χ2n) is 4.21. The summed E-state index contributed by atoms with van der Waals surface area (Å²) >= 11 is 4.40. The summed E-state index contributed by atoms with van der Waals surface area (Å²) in [6.07, 6.45) is 1.67. The first-order valence-electron chi connectivity index (χ1n) is 5.92. The Morgan fingerprint density at radius 2 is 1.90 bits per heavy atom. The van der Waals surface area contributed by atoms with Crippen LogP contribution in [0.25, 0.3) is 11.3 Å². The van der Waals surface area contributed by atoms with E-state index in [2.05, 4.69) is 30.8 Å². The van der Waals surface area contributed by atoms with Crippen LogP contribution in [0, 0.1) is 0 Å². The Bertz CT molecular complexity index is 840. The molecule has 0 aliphatic carbocycles. The number of aromatic amines is 1. The summed E-state index contributed by atoms with van der Waals surface area (Å²) in [5.41, 5.74) is 2.33. The van der Waals surface area contributed by atoms with Gasteiger partial charge in [0.05, 0.1) is 5.69 Å². The van der Waals surface area contributed by atoms with Crippen LogP contribution in [0.4, 0.5) is 5.69 Å². The quantitative estimate of drug-likeness (QED) is 0.720. The normalized spacial score (nSPS) is 11.5. The van der Waals surface area contributed by atoms with Crippen molar-refractivity contribution in [1.82, 2.24) is 10.2 Å². The topological polar surface area (TPSA) is 74.8 Å². The first-order chi connectivity index (χ1) is 10.1. The van der Waals surface area contributed by atoms with Gasteiger partial charge in [-0.15, -0.1) is 11.3 Å². The zero-order valence-corrected chi connectivity index (χ0v) is 13.8. The van der Waals surface area contributed by atoms with Gasteiger partial charge in [-0.05, 0) is 51.1 Å². The molecule has 2 heterocycles. The summed E-state index contributed by atoms with van der Waals surface area (Å²) in [4.78, 5) is 0. The fraction of sp³-hybridized carbons (Fsp3) is 0. The van der Waals surface area contributed by atoms with E-state index in [0.29, 0.717) is 10.2 Å². The molecule has 0 unspecified atom stereocenters. The highest BCUT2D eigenvalue weighted by molar-refractivity contribution is 9.10. The van der Waals surface area contributed by atoms with Gasteiger partial charge < -0.3 is 0 Å². The fourth-order valence-corrected chi connectivity index (χ4v) is 5.20. The van der Waals surface area contributed by atoms with Gasteiger partial charge in [0.15, 0.2) is 4.21 Å². The minimum atomic E-state index is -3.57. The maximum atomic E-state index is 12.3. The number of halogens is 1. The Hall–Kier alpha value is -1.64. The van der Waals surface area contributed by atoms with E-state index in [-0.39, 0.29) is 4.21 Å².